The summed E-state index contributed by atoms with van der Waals surface area (Å²) in [7, 11) is 1.60. The first-order chi connectivity index (χ1) is 2.91. The Morgan fingerprint density at radius 1 is 1.83 bits per heavy atom. The maximum Gasteiger partial charge on any atom is 0.125 e. The van der Waals surface area contributed by atoms with Crippen molar-refractivity contribution >= 4 is 9.68 Å². The third-order valence-electron chi connectivity index (χ3n) is 0.496. The molecule has 0 radical (unpaired) electrons. The molecule has 2 nitrogen and oxygen atoms in total. The molecule has 0 aromatic carbocycles. The Bertz CT molecular complexity index is 22.8. The van der Waals surface area contributed by atoms with Crippen LogP contribution in [-0.4, -0.2) is 16.8 Å². The van der Waals surface area contributed by atoms with Gasteiger partial charge in [-0.2, -0.15) is 0 Å². The van der Waals surface area contributed by atoms with Gasteiger partial charge in [0.25, 0.3) is 0 Å². The topological polar surface area (TPSA) is 21.3 Å². The van der Waals surface area contributed by atoms with Crippen molar-refractivity contribution in [1.82, 2.24) is 5.15 Å². The van der Waals surface area contributed by atoms with E-state index in [9.17, 15) is 0 Å². The van der Waals surface area contributed by atoms with E-state index in [1.807, 2.05) is 0 Å². The Hall–Kier alpha value is 0.137. The van der Waals surface area contributed by atoms with Gasteiger partial charge in [-0.3, -0.25) is 0 Å². The molecule has 0 aromatic heterocycles. The molecule has 0 aliphatic heterocycles. The van der Waals surface area contributed by atoms with Gasteiger partial charge in [0.05, 0.1) is 7.11 Å². The summed E-state index contributed by atoms with van der Waals surface area (Å²) in [6.07, 6.45) is 0. The van der Waals surface area contributed by atoms with Gasteiger partial charge >= 0.3 is 0 Å². The Labute approximate surface area is 40.7 Å². The molecule has 0 saturated carbocycles. The van der Waals surface area contributed by atoms with E-state index in [1.165, 1.54) is 6.04 Å². The second-order valence-electron chi connectivity index (χ2n) is 1.10. The Kier molecular flexibility index (Phi) is 5.25. The Balaban J connectivity index is 2.34. The minimum atomic E-state index is -0.0505. The highest BCUT2D eigenvalue weighted by Crippen LogP contribution is 1.64. The number of nitrogens with one attached hydrogen (secondary N) is 1. The van der Waals surface area contributed by atoms with Gasteiger partial charge in [0.2, 0.25) is 0 Å². The first-order valence-corrected chi connectivity index (χ1v) is 3.88. The van der Waals surface area contributed by atoms with Crippen LogP contribution < -0.4 is 5.15 Å². The van der Waals surface area contributed by atoms with E-state index < -0.39 is 0 Å². The quantitative estimate of drug-likeness (QED) is 0.301. The number of rotatable bonds is 3. The highest BCUT2D eigenvalue weighted by Gasteiger charge is 1.73. The van der Waals surface area contributed by atoms with Crippen LogP contribution in [0.5, 0.6) is 0 Å². The normalized spacial score (nSPS) is 11.0. The summed E-state index contributed by atoms with van der Waals surface area (Å²) in [5.41, 5.74) is 0. The standard InChI is InChI=1S/C3H11NOSi/c1-3-6-4-5-2/h4H,3,6H2,1-2H3. The van der Waals surface area contributed by atoms with Gasteiger partial charge < -0.3 is 4.84 Å². The van der Waals surface area contributed by atoms with Crippen molar-refractivity contribution in [2.45, 2.75) is 13.0 Å². The van der Waals surface area contributed by atoms with Gasteiger partial charge in [-0.1, -0.05) is 13.0 Å². The molecular formula is C3H11NOSi. The van der Waals surface area contributed by atoms with Crippen LogP contribution in [0.2, 0.25) is 6.04 Å². The van der Waals surface area contributed by atoms with E-state index in [4.69, 9.17) is 0 Å². The molecule has 0 aliphatic carbocycles. The second-order valence-corrected chi connectivity index (χ2v) is 2.89. The van der Waals surface area contributed by atoms with Crippen molar-refractivity contribution < 1.29 is 4.84 Å². The zero-order valence-corrected chi connectivity index (χ0v) is 5.74. The average molecular weight is 105 g/mol. The summed E-state index contributed by atoms with van der Waals surface area (Å²) < 4.78 is 0. The van der Waals surface area contributed by atoms with Gasteiger partial charge in [-0.25, -0.2) is 5.15 Å². The van der Waals surface area contributed by atoms with E-state index in [2.05, 4.69) is 16.9 Å². The zero-order chi connectivity index (χ0) is 4.83. The van der Waals surface area contributed by atoms with Crippen LogP contribution in [0.4, 0.5) is 0 Å². The SMILES string of the molecule is CC[SiH2]NOC. The molecule has 0 unspecified atom stereocenters. The molecular weight excluding hydrogens is 94.1 g/mol. The lowest BCUT2D eigenvalue weighted by Gasteiger charge is -1.92. The highest BCUT2D eigenvalue weighted by atomic mass is 28.2. The minimum Gasteiger partial charge on any atom is -0.313 e. The van der Waals surface area contributed by atoms with Crippen molar-refractivity contribution in [2.75, 3.05) is 7.11 Å². The molecule has 0 saturated heterocycles. The first kappa shape index (κ1) is 6.14. The lowest BCUT2D eigenvalue weighted by Crippen LogP contribution is -2.15. The Morgan fingerprint density at radius 2 is 2.50 bits per heavy atom. The summed E-state index contributed by atoms with van der Waals surface area (Å²) in [6.45, 7) is 2.15. The third-order valence-corrected chi connectivity index (χ3v) is 1.49. The van der Waals surface area contributed by atoms with Crippen molar-refractivity contribution in [1.29, 1.82) is 0 Å². The minimum absolute atomic E-state index is 0.0505. The molecule has 0 bridgehead atoms. The molecule has 0 fully saturated rings. The summed E-state index contributed by atoms with van der Waals surface area (Å²) in [6, 6.07) is 1.26. The van der Waals surface area contributed by atoms with Gasteiger partial charge in [-0.05, 0) is 0 Å². The van der Waals surface area contributed by atoms with Crippen molar-refractivity contribution in [3.8, 4) is 0 Å². The van der Waals surface area contributed by atoms with E-state index in [0.29, 0.717) is 0 Å². The molecule has 0 heterocycles. The van der Waals surface area contributed by atoms with Crippen molar-refractivity contribution in [3.63, 3.8) is 0 Å². The molecule has 3 heteroatoms. The van der Waals surface area contributed by atoms with E-state index >= 15 is 0 Å². The van der Waals surface area contributed by atoms with Gasteiger partial charge in [0, 0.05) is 0 Å². The maximum absolute atomic E-state index is 4.59. The van der Waals surface area contributed by atoms with Crippen LogP contribution in [0.3, 0.4) is 0 Å². The third kappa shape index (κ3) is 4.14. The first-order valence-electron chi connectivity index (χ1n) is 2.17. The monoisotopic (exact) mass is 105 g/mol. The summed E-state index contributed by atoms with van der Waals surface area (Å²) in [5.74, 6) is 0. The maximum atomic E-state index is 4.59. The van der Waals surface area contributed by atoms with Crippen LogP contribution in [0.15, 0.2) is 0 Å². The summed E-state index contributed by atoms with van der Waals surface area (Å²) in [4.78, 5) is 4.59. The molecule has 6 heavy (non-hydrogen) atoms. The summed E-state index contributed by atoms with van der Waals surface area (Å²) in [5, 5.41) is 2.84. The molecule has 38 valence electrons. The average Bonchev–Trinajstić information content (AvgIpc) is 1.61. The van der Waals surface area contributed by atoms with Gasteiger partial charge in [-0.15, -0.1) is 0 Å². The van der Waals surface area contributed by atoms with Crippen LogP contribution in [0.25, 0.3) is 0 Å². The lowest BCUT2D eigenvalue weighted by atomic mass is 11.0. The molecule has 0 amide bonds. The van der Waals surface area contributed by atoms with Crippen LogP contribution in [0, 0.1) is 0 Å². The fourth-order valence-electron chi connectivity index (χ4n) is 0.204. The fourth-order valence-corrected chi connectivity index (χ4v) is 0.612. The molecule has 0 aliphatic rings. The highest BCUT2D eigenvalue weighted by molar-refractivity contribution is 6.31. The molecule has 0 rings (SSSR count). The smallest absolute Gasteiger partial charge is 0.125 e. The predicted molar refractivity (Wildman–Crippen MR) is 29.2 cm³/mol. The van der Waals surface area contributed by atoms with Crippen LogP contribution in [0.1, 0.15) is 6.92 Å². The Morgan fingerprint density at radius 3 is 2.67 bits per heavy atom. The predicted octanol–water partition coefficient (Wildman–Crippen LogP) is -0.341. The fraction of sp³-hybridized carbons (Fsp3) is 1.00. The van der Waals surface area contributed by atoms with E-state index in [1.54, 1.807) is 7.11 Å². The van der Waals surface area contributed by atoms with Crippen molar-refractivity contribution in [2.24, 2.45) is 0 Å². The molecule has 1 N–H and O–H groups in total. The van der Waals surface area contributed by atoms with E-state index in [0.717, 1.165) is 0 Å². The molecule has 0 atom stereocenters. The summed E-state index contributed by atoms with van der Waals surface area (Å²) >= 11 is 0. The number of hydrogen-bond acceptors (Lipinski definition) is 2. The zero-order valence-electron chi connectivity index (χ0n) is 4.32. The van der Waals surface area contributed by atoms with Gasteiger partial charge in [0.15, 0.2) is 0 Å². The van der Waals surface area contributed by atoms with Crippen molar-refractivity contribution in [3.05, 3.63) is 0 Å². The van der Waals surface area contributed by atoms with Crippen LogP contribution >= 0.6 is 0 Å². The molecule has 0 aromatic rings. The van der Waals surface area contributed by atoms with Gasteiger partial charge in [0.1, 0.15) is 9.68 Å². The second kappa shape index (κ2) is 5.14. The van der Waals surface area contributed by atoms with Crippen LogP contribution in [-0.2, 0) is 4.84 Å². The lowest BCUT2D eigenvalue weighted by molar-refractivity contribution is 0.153. The molecule has 0 spiro atoms. The number of hydrogen-bond donors (Lipinski definition) is 1. The largest absolute Gasteiger partial charge is 0.313 e. The van der Waals surface area contributed by atoms with E-state index in [-0.39, 0.29) is 9.68 Å².